The first-order chi connectivity index (χ1) is 13.7. The summed E-state index contributed by atoms with van der Waals surface area (Å²) in [6.07, 6.45) is 7.31. The first-order valence-corrected chi connectivity index (χ1v) is 9.92. The number of carbonyl (C=O) groups is 2. The van der Waals surface area contributed by atoms with Gasteiger partial charge in [0.15, 0.2) is 0 Å². The van der Waals surface area contributed by atoms with Crippen LogP contribution in [-0.2, 0) is 0 Å². The Morgan fingerprint density at radius 3 is 2.43 bits per heavy atom. The van der Waals surface area contributed by atoms with E-state index in [4.69, 9.17) is 4.74 Å². The summed E-state index contributed by atoms with van der Waals surface area (Å²) < 4.78 is 5.91. The number of carbonyl (C=O) groups excluding carboxylic acids is 2. The normalized spacial score (nSPS) is 17.2. The van der Waals surface area contributed by atoms with Crippen molar-refractivity contribution in [1.82, 2.24) is 15.2 Å². The first-order valence-electron chi connectivity index (χ1n) is 9.92. The van der Waals surface area contributed by atoms with Gasteiger partial charge in [-0.3, -0.25) is 14.6 Å². The third-order valence-electron chi connectivity index (χ3n) is 5.33. The van der Waals surface area contributed by atoms with Crippen LogP contribution in [0.4, 0.5) is 0 Å². The maximum Gasteiger partial charge on any atom is 0.255 e. The van der Waals surface area contributed by atoms with E-state index in [1.165, 1.54) is 0 Å². The molecule has 1 aliphatic heterocycles. The number of ether oxygens (including phenoxy) is 1. The van der Waals surface area contributed by atoms with Crippen molar-refractivity contribution in [3.63, 3.8) is 0 Å². The Kier molecular flexibility index (Phi) is 5.55. The van der Waals surface area contributed by atoms with Crippen LogP contribution in [0.25, 0.3) is 0 Å². The summed E-state index contributed by atoms with van der Waals surface area (Å²) in [4.78, 5) is 30.4. The lowest BCUT2D eigenvalue weighted by molar-refractivity contribution is 0.0660. The SMILES string of the molecule is O=C(NC1CC1)c1ccc(OCC2CCN(C(=O)c3cccnc3)CC2)cc1. The topological polar surface area (TPSA) is 71.5 Å². The van der Waals surface area contributed by atoms with Crippen molar-refractivity contribution >= 4 is 11.8 Å². The van der Waals surface area contributed by atoms with Crippen LogP contribution in [0.5, 0.6) is 5.75 Å². The second-order valence-electron chi connectivity index (χ2n) is 7.56. The summed E-state index contributed by atoms with van der Waals surface area (Å²) >= 11 is 0. The van der Waals surface area contributed by atoms with E-state index < -0.39 is 0 Å². The molecule has 2 heterocycles. The summed E-state index contributed by atoms with van der Waals surface area (Å²) in [6.45, 7) is 2.10. The summed E-state index contributed by atoms with van der Waals surface area (Å²) in [7, 11) is 0. The monoisotopic (exact) mass is 379 g/mol. The molecule has 0 spiro atoms. The molecule has 1 saturated heterocycles. The molecule has 2 aliphatic rings. The number of piperidine rings is 1. The van der Waals surface area contributed by atoms with Gasteiger partial charge in [0.25, 0.3) is 11.8 Å². The quantitative estimate of drug-likeness (QED) is 0.838. The van der Waals surface area contributed by atoms with Gasteiger partial charge in [-0.1, -0.05) is 0 Å². The minimum Gasteiger partial charge on any atom is -0.493 e. The van der Waals surface area contributed by atoms with Gasteiger partial charge >= 0.3 is 0 Å². The predicted octanol–water partition coefficient (Wildman–Crippen LogP) is 2.91. The standard InChI is InChI=1S/C22H25N3O3/c26-21(24-19-5-6-19)17-3-7-20(8-4-17)28-15-16-9-12-25(13-10-16)22(27)18-2-1-11-23-14-18/h1-4,7-8,11,14,16,19H,5-6,9-10,12-13,15H2,(H,24,26). The van der Waals surface area contributed by atoms with Gasteiger partial charge < -0.3 is 15.0 Å². The summed E-state index contributed by atoms with van der Waals surface area (Å²) in [6, 6.07) is 11.3. The molecule has 1 saturated carbocycles. The van der Waals surface area contributed by atoms with Gasteiger partial charge in [-0.25, -0.2) is 0 Å². The zero-order valence-corrected chi connectivity index (χ0v) is 15.8. The average Bonchev–Trinajstić information content (AvgIpc) is 3.57. The van der Waals surface area contributed by atoms with E-state index in [-0.39, 0.29) is 11.8 Å². The number of rotatable bonds is 6. The van der Waals surface area contributed by atoms with Crippen LogP contribution in [0.3, 0.4) is 0 Å². The number of pyridine rings is 1. The number of benzene rings is 1. The predicted molar refractivity (Wildman–Crippen MR) is 105 cm³/mol. The van der Waals surface area contributed by atoms with E-state index in [9.17, 15) is 9.59 Å². The molecule has 2 amide bonds. The highest BCUT2D eigenvalue weighted by Gasteiger charge is 2.25. The van der Waals surface area contributed by atoms with Gasteiger partial charge in [-0.2, -0.15) is 0 Å². The van der Waals surface area contributed by atoms with E-state index in [2.05, 4.69) is 10.3 Å². The molecule has 6 heteroatoms. The van der Waals surface area contributed by atoms with Gasteiger partial charge in [0.2, 0.25) is 0 Å². The Hall–Kier alpha value is -2.89. The van der Waals surface area contributed by atoms with Gasteiger partial charge in [0.05, 0.1) is 12.2 Å². The lowest BCUT2D eigenvalue weighted by Crippen LogP contribution is -2.39. The van der Waals surface area contributed by atoms with E-state index in [1.807, 2.05) is 29.2 Å². The fourth-order valence-corrected chi connectivity index (χ4v) is 3.39. The second kappa shape index (κ2) is 8.42. The lowest BCUT2D eigenvalue weighted by atomic mass is 9.97. The molecular formula is C22H25N3O3. The Balaban J connectivity index is 1.22. The number of hydrogen-bond donors (Lipinski definition) is 1. The molecule has 1 aromatic carbocycles. The number of amides is 2. The summed E-state index contributed by atoms with van der Waals surface area (Å²) in [5.41, 5.74) is 1.31. The highest BCUT2D eigenvalue weighted by Crippen LogP contribution is 2.22. The van der Waals surface area contributed by atoms with Crippen LogP contribution in [0.15, 0.2) is 48.8 Å². The van der Waals surface area contributed by atoms with E-state index >= 15 is 0 Å². The largest absolute Gasteiger partial charge is 0.493 e. The highest BCUT2D eigenvalue weighted by atomic mass is 16.5. The molecule has 1 aromatic heterocycles. The summed E-state index contributed by atoms with van der Waals surface area (Å²) in [5, 5.41) is 2.98. The molecule has 28 heavy (non-hydrogen) atoms. The molecule has 2 fully saturated rings. The van der Waals surface area contributed by atoms with Crippen molar-refractivity contribution in [2.24, 2.45) is 5.92 Å². The van der Waals surface area contributed by atoms with E-state index in [1.54, 1.807) is 24.5 Å². The molecule has 2 aromatic rings. The smallest absolute Gasteiger partial charge is 0.255 e. The van der Waals surface area contributed by atoms with Crippen molar-refractivity contribution in [3.05, 3.63) is 59.9 Å². The minimum atomic E-state index is -0.0142. The average molecular weight is 379 g/mol. The third-order valence-corrected chi connectivity index (χ3v) is 5.33. The fraction of sp³-hybridized carbons (Fsp3) is 0.409. The molecule has 4 rings (SSSR count). The number of likely N-dealkylation sites (tertiary alicyclic amines) is 1. The van der Waals surface area contributed by atoms with Crippen LogP contribution in [0.1, 0.15) is 46.4 Å². The molecule has 146 valence electrons. The Morgan fingerprint density at radius 2 is 1.79 bits per heavy atom. The minimum absolute atomic E-state index is 0.0142. The second-order valence-corrected chi connectivity index (χ2v) is 7.56. The molecule has 0 atom stereocenters. The van der Waals surface area contributed by atoms with Gasteiger partial charge in [-0.15, -0.1) is 0 Å². The maximum absolute atomic E-state index is 12.5. The van der Waals surface area contributed by atoms with Crippen molar-refractivity contribution in [2.45, 2.75) is 31.7 Å². The van der Waals surface area contributed by atoms with Crippen LogP contribution in [0.2, 0.25) is 0 Å². The Morgan fingerprint density at radius 1 is 1.04 bits per heavy atom. The zero-order valence-electron chi connectivity index (χ0n) is 15.8. The van der Waals surface area contributed by atoms with Crippen molar-refractivity contribution in [1.29, 1.82) is 0 Å². The molecule has 6 nitrogen and oxygen atoms in total. The summed E-state index contributed by atoms with van der Waals surface area (Å²) in [5.74, 6) is 1.24. The maximum atomic E-state index is 12.5. The first kappa shape index (κ1) is 18.5. The zero-order chi connectivity index (χ0) is 19.3. The molecule has 1 N–H and O–H groups in total. The van der Waals surface area contributed by atoms with Crippen molar-refractivity contribution in [3.8, 4) is 5.75 Å². The highest BCUT2D eigenvalue weighted by molar-refractivity contribution is 5.94. The number of nitrogens with zero attached hydrogens (tertiary/aromatic N) is 2. The van der Waals surface area contributed by atoms with Gasteiger partial charge in [0, 0.05) is 37.1 Å². The Labute approximate surface area is 164 Å². The van der Waals surface area contributed by atoms with Crippen molar-refractivity contribution < 1.29 is 14.3 Å². The van der Waals surface area contributed by atoms with Crippen LogP contribution in [-0.4, -0.2) is 47.4 Å². The third kappa shape index (κ3) is 4.68. The molecule has 0 radical (unpaired) electrons. The number of nitrogens with one attached hydrogen (secondary N) is 1. The molecule has 1 aliphatic carbocycles. The lowest BCUT2D eigenvalue weighted by Gasteiger charge is -2.31. The van der Waals surface area contributed by atoms with Gasteiger partial charge in [-0.05, 0) is 68.0 Å². The van der Waals surface area contributed by atoms with Gasteiger partial charge in [0.1, 0.15) is 5.75 Å². The molecular weight excluding hydrogens is 354 g/mol. The van der Waals surface area contributed by atoms with E-state index in [0.717, 1.165) is 44.5 Å². The van der Waals surface area contributed by atoms with Crippen LogP contribution < -0.4 is 10.1 Å². The molecule has 0 bridgehead atoms. The van der Waals surface area contributed by atoms with Crippen molar-refractivity contribution in [2.75, 3.05) is 19.7 Å². The number of hydrogen-bond acceptors (Lipinski definition) is 4. The van der Waals surface area contributed by atoms with Crippen LogP contribution in [0, 0.1) is 5.92 Å². The number of aromatic nitrogens is 1. The fourth-order valence-electron chi connectivity index (χ4n) is 3.39. The Bertz CT molecular complexity index is 811. The molecule has 0 unspecified atom stereocenters. The van der Waals surface area contributed by atoms with Crippen LogP contribution >= 0.6 is 0 Å². The van der Waals surface area contributed by atoms with E-state index in [0.29, 0.717) is 29.7 Å².